The van der Waals surface area contributed by atoms with Gasteiger partial charge in [0.2, 0.25) is 0 Å². The van der Waals surface area contributed by atoms with Gasteiger partial charge in [0.15, 0.2) is 0 Å². The maximum Gasteiger partial charge on any atom is 0.387 e. The SMILES string of the molecule is C[C@H]1C(Op2oc3c(C(C)(C)C)cc(C(C)(C)C)cc3c3cc(C(C)(C)C)cc(C(C)(C)C)c3o2)CC2CC1C2(C)C. The van der Waals surface area contributed by atoms with E-state index in [-0.39, 0.29) is 27.8 Å². The Labute approximate surface area is 256 Å². The van der Waals surface area contributed by atoms with E-state index in [0.717, 1.165) is 28.4 Å². The fourth-order valence-electron chi connectivity index (χ4n) is 7.40. The monoisotopic (exact) mass is 592 g/mol. The Morgan fingerprint density at radius 2 is 1.10 bits per heavy atom. The number of hydrogen-bond donors (Lipinski definition) is 0. The summed E-state index contributed by atoms with van der Waals surface area (Å²) >= 11 is 0. The summed E-state index contributed by atoms with van der Waals surface area (Å²) in [6, 6.07) is 9.48. The minimum absolute atomic E-state index is 0.0105. The number of fused-ring (bicyclic) bond motifs is 5. The second-order valence-electron chi connectivity index (χ2n) is 18.3. The van der Waals surface area contributed by atoms with Crippen LogP contribution in [0, 0.1) is 23.2 Å². The molecule has 2 aromatic carbocycles. The van der Waals surface area contributed by atoms with Crippen molar-refractivity contribution in [1.29, 1.82) is 0 Å². The largest absolute Gasteiger partial charge is 0.399 e. The van der Waals surface area contributed by atoms with Crippen molar-refractivity contribution in [2.45, 2.75) is 144 Å². The molecule has 3 aliphatic carbocycles. The summed E-state index contributed by atoms with van der Waals surface area (Å²) < 4.78 is 21.0. The van der Waals surface area contributed by atoms with E-state index in [4.69, 9.17) is 12.9 Å². The van der Waals surface area contributed by atoms with Crippen molar-refractivity contribution >= 4 is 30.2 Å². The summed E-state index contributed by atoms with van der Waals surface area (Å²) in [6.07, 6.45) is 2.56. The van der Waals surface area contributed by atoms with Crippen LogP contribution in [0.25, 0.3) is 21.9 Å². The van der Waals surface area contributed by atoms with Crippen LogP contribution in [0.5, 0.6) is 0 Å². The summed E-state index contributed by atoms with van der Waals surface area (Å²) in [5.74, 6) is 1.89. The van der Waals surface area contributed by atoms with Crippen molar-refractivity contribution in [2.24, 2.45) is 23.2 Å². The lowest BCUT2D eigenvalue weighted by Crippen LogP contribution is -2.57. The minimum atomic E-state index is -1.65. The minimum Gasteiger partial charge on any atom is -0.399 e. The first-order valence-corrected chi connectivity index (χ1v) is 17.3. The van der Waals surface area contributed by atoms with Crippen molar-refractivity contribution < 1.29 is 12.9 Å². The second kappa shape index (κ2) is 9.90. The van der Waals surface area contributed by atoms with Gasteiger partial charge in [0.05, 0.1) is 6.10 Å². The van der Waals surface area contributed by atoms with Crippen molar-refractivity contribution in [2.75, 3.05) is 0 Å². The van der Waals surface area contributed by atoms with E-state index in [1.807, 2.05) is 0 Å². The van der Waals surface area contributed by atoms with Gasteiger partial charge in [0, 0.05) is 21.9 Å². The summed E-state index contributed by atoms with van der Waals surface area (Å²) in [5, 5.41) is 2.27. The molecule has 4 atom stereocenters. The quantitative estimate of drug-likeness (QED) is 0.297. The van der Waals surface area contributed by atoms with Crippen LogP contribution in [0.1, 0.15) is 139 Å². The zero-order valence-corrected chi connectivity index (χ0v) is 30.1. The highest BCUT2D eigenvalue weighted by Gasteiger charge is 2.57. The number of rotatable bonds is 2. The second-order valence-corrected chi connectivity index (χ2v) is 19.3. The van der Waals surface area contributed by atoms with E-state index in [9.17, 15) is 0 Å². The molecule has 0 amide bonds. The Morgan fingerprint density at radius 1 is 0.667 bits per heavy atom. The summed E-state index contributed by atoms with van der Waals surface area (Å²) in [6.45, 7) is 34.8. The molecule has 2 bridgehead atoms. The third-order valence-electron chi connectivity index (χ3n) is 10.7. The van der Waals surface area contributed by atoms with Gasteiger partial charge >= 0.3 is 8.24 Å². The lowest BCUT2D eigenvalue weighted by atomic mass is 9.45. The summed E-state index contributed by atoms with van der Waals surface area (Å²) in [5.41, 5.74) is 7.08. The molecular formula is C38H57O3P. The Kier molecular flexibility index (Phi) is 7.48. The zero-order valence-electron chi connectivity index (χ0n) is 29.2. The molecular weight excluding hydrogens is 535 g/mol. The van der Waals surface area contributed by atoms with E-state index in [0.29, 0.717) is 23.2 Å². The Hall–Kier alpha value is -1.70. The fraction of sp³-hybridized carbons (Fsp3) is 0.684. The van der Waals surface area contributed by atoms with E-state index in [1.54, 1.807) is 0 Å². The number of benzene rings is 2. The molecule has 1 heterocycles. The molecule has 3 nitrogen and oxygen atoms in total. The molecule has 1 aromatic heterocycles. The molecule has 232 valence electrons. The van der Waals surface area contributed by atoms with Crippen LogP contribution in [0.15, 0.2) is 32.7 Å². The molecule has 0 spiro atoms. The lowest BCUT2D eigenvalue weighted by molar-refractivity contribution is -0.139. The molecule has 3 unspecified atom stereocenters. The maximum atomic E-state index is 7.03. The standard InChI is InChI=1S/C38H57O3P/c1-22-28-20-25(38(28,14)15)21-31(22)39-42-40-32-26(16-23(34(2,3)4)18-29(32)36(8,9)10)27-17-24(35(5,6)7)19-30(33(27)41-42)37(11,12)13/h16-19,22,25,28,31H,20-21H2,1-15H3/t22-,25?,28?,31?/m1/s1. The lowest BCUT2D eigenvalue weighted by Gasteiger charge is -2.61. The van der Waals surface area contributed by atoms with Gasteiger partial charge in [-0.15, -0.1) is 0 Å². The van der Waals surface area contributed by atoms with Gasteiger partial charge in [0.25, 0.3) is 0 Å². The Bertz CT molecular complexity index is 1450. The Morgan fingerprint density at radius 3 is 1.43 bits per heavy atom. The molecule has 6 rings (SSSR count). The average molecular weight is 593 g/mol. The Balaban J connectivity index is 1.89. The highest BCUT2D eigenvalue weighted by atomic mass is 31.1. The van der Waals surface area contributed by atoms with Crippen molar-refractivity contribution in [3.8, 4) is 0 Å². The van der Waals surface area contributed by atoms with Gasteiger partial charge in [-0.3, -0.25) is 4.52 Å². The predicted octanol–water partition coefficient (Wildman–Crippen LogP) is 12.0. The predicted molar refractivity (Wildman–Crippen MR) is 181 cm³/mol. The molecule has 0 aliphatic heterocycles. The molecule has 42 heavy (non-hydrogen) atoms. The third kappa shape index (κ3) is 5.51. The van der Waals surface area contributed by atoms with Crippen LogP contribution < -0.4 is 4.52 Å². The van der Waals surface area contributed by atoms with Gasteiger partial charge in [0.1, 0.15) is 11.2 Å². The smallest absolute Gasteiger partial charge is 0.387 e. The summed E-state index contributed by atoms with van der Waals surface area (Å²) in [7, 11) is -1.65. The van der Waals surface area contributed by atoms with E-state index in [2.05, 4.69) is 128 Å². The van der Waals surface area contributed by atoms with Crippen molar-refractivity contribution in [3.63, 3.8) is 0 Å². The van der Waals surface area contributed by atoms with Crippen LogP contribution in [-0.2, 0) is 21.7 Å². The van der Waals surface area contributed by atoms with Crippen molar-refractivity contribution in [1.82, 2.24) is 0 Å². The zero-order chi connectivity index (χ0) is 31.4. The van der Waals surface area contributed by atoms with Crippen LogP contribution in [0.4, 0.5) is 0 Å². The molecule has 0 saturated heterocycles. The first kappa shape index (κ1) is 31.7. The van der Waals surface area contributed by atoms with Gasteiger partial charge < -0.3 is 8.39 Å². The van der Waals surface area contributed by atoms with Crippen LogP contribution >= 0.6 is 8.24 Å². The average Bonchev–Trinajstić information content (AvgIpc) is 2.97. The van der Waals surface area contributed by atoms with Crippen LogP contribution in [0.2, 0.25) is 0 Å². The topological polar surface area (TPSA) is 35.5 Å². The first-order valence-electron chi connectivity index (χ1n) is 16.2. The fourth-order valence-corrected chi connectivity index (χ4v) is 8.71. The highest BCUT2D eigenvalue weighted by molar-refractivity contribution is 7.31. The van der Waals surface area contributed by atoms with E-state index < -0.39 is 8.24 Å². The highest BCUT2D eigenvalue weighted by Crippen LogP contribution is 2.62. The first-order chi connectivity index (χ1) is 19.0. The molecule has 3 aliphatic rings. The summed E-state index contributed by atoms with van der Waals surface area (Å²) in [4.78, 5) is 0. The maximum absolute atomic E-state index is 7.03. The van der Waals surface area contributed by atoms with Gasteiger partial charge in [-0.1, -0.05) is 116 Å². The molecule has 0 N–H and O–H groups in total. The normalized spacial score (nSPS) is 24.6. The van der Waals surface area contributed by atoms with Gasteiger partial charge in [-0.05, 0) is 80.9 Å². The number of hydrogen-bond acceptors (Lipinski definition) is 3. The van der Waals surface area contributed by atoms with E-state index in [1.165, 1.54) is 28.7 Å². The van der Waals surface area contributed by atoms with Gasteiger partial charge in [-0.2, -0.15) is 0 Å². The molecule has 3 saturated carbocycles. The third-order valence-corrected chi connectivity index (χ3v) is 11.8. The molecule has 3 aromatic rings. The molecule has 3 fully saturated rings. The van der Waals surface area contributed by atoms with Crippen LogP contribution in [0.3, 0.4) is 0 Å². The molecule has 0 radical (unpaired) electrons. The van der Waals surface area contributed by atoms with Crippen LogP contribution in [-0.4, -0.2) is 6.10 Å². The molecule has 4 heteroatoms. The van der Waals surface area contributed by atoms with E-state index >= 15 is 0 Å². The van der Waals surface area contributed by atoms with Crippen molar-refractivity contribution in [3.05, 3.63) is 46.5 Å². The van der Waals surface area contributed by atoms with Gasteiger partial charge in [-0.25, -0.2) is 0 Å².